The lowest BCUT2D eigenvalue weighted by atomic mass is 10.4. The number of anilines is 1. The molecule has 0 aliphatic heterocycles. The van der Waals surface area contributed by atoms with Gasteiger partial charge in [0.05, 0.1) is 12.8 Å². The van der Waals surface area contributed by atoms with Crippen LogP contribution in [0.15, 0.2) is 24.5 Å². The Morgan fingerprint density at radius 3 is 3.27 bits per heavy atom. The van der Waals surface area contributed by atoms with Gasteiger partial charge in [0.25, 0.3) is 0 Å². The van der Waals surface area contributed by atoms with Crippen LogP contribution in [0.4, 0.5) is 5.69 Å². The third-order valence-electron chi connectivity index (χ3n) is 2.10. The van der Waals surface area contributed by atoms with Gasteiger partial charge in [-0.05, 0) is 28.7 Å². The molecule has 0 fully saturated rings. The van der Waals surface area contributed by atoms with Crippen LogP contribution in [0.2, 0.25) is 0 Å². The second kappa shape index (κ2) is 4.80. The SMILES string of the molecule is COCCNc1ccn2c(I)cnc2c1. The van der Waals surface area contributed by atoms with Gasteiger partial charge in [-0.3, -0.25) is 4.40 Å². The average Bonchev–Trinajstić information content (AvgIpc) is 2.61. The van der Waals surface area contributed by atoms with E-state index in [0.29, 0.717) is 6.61 Å². The summed E-state index contributed by atoms with van der Waals surface area (Å²) in [6.07, 6.45) is 3.87. The lowest BCUT2D eigenvalue weighted by Gasteiger charge is -2.05. The summed E-state index contributed by atoms with van der Waals surface area (Å²) in [6.45, 7) is 1.52. The molecule has 0 spiro atoms. The summed E-state index contributed by atoms with van der Waals surface area (Å²) in [7, 11) is 1.70. The summed E-state index contributed by atoms with van der Waals surface area (Å²) < 4.78 is 8.13. The number of ether oxygens (including phenoxy) is 1. The fourth-order valence-corrected chi connectivity index (χ4v) is 1.90. The van der Waals surface area contributed by atoms with Crippen LogP contribution < -0.4 is 5.32 Å². The highest BCUT2D eigenvalue weighted by Crippen LogP contribution is 2.14. The van der Waals surface area contributed by atoms with E-state index in [4.69, 9.17) is 4.74 Å². The number of hydrogen-bond donors (Lipinski definition) is 1. The molecular weight excluding hydrogens is 305 g/mol. The molecule has 5 heteroatoms. The van der Waals surface area contributed by atoms with Crippen LogP contribution in [0, 0.1) is 3.70 Å². The predicted molar refractivity (Wildman–Crippen MR) is 68.3 cm³/mol. The van der Waals surface area contributed by atoms with E-state index in [0.717, 1.165) is 21.6 Å². The van der Waals surface area contributed by atoms with Crippen molar-refractivity contribution in [2.45, 2.75) is 0 Å². The van der Waals surface area contributed by atoms with E-state index in [2.05, 4.69) is 32.9 Å². The summed E-state index contributed by atoms with van der Waals surface area (Å²) in [6, 6.07) is 4.06. The third-order valence-corrected chi connectivity index (χ3v) is 2.90. The Kier molecular flexibility index (Phi) is 3.42. The van der Waals surface area contributed by atoms with Crippen molar-refractivity contribution in [3.05, 3.63) is 28.2 Å². The molecule has 0 aliphatic carbocycles. The zero-order valence-electron chi connectivity index (χ0n) is 8.40. The summed E-state index contributed by atoms with van der Waals surface area (Å²) in [4.78, 5) is 4.29. The Morgan fingerprint density at radius 1 is 1.60 bits per heavy atom. The minimum atomic E-state index is 0.706. The Hall–Kier alpha value is -0.820. The van der Waals surface area contributed by atoms with Crippen LogP contribution in [-0.4, -0.2) is 29.6 Å². The number of methoxy groups -OCH3 is 1. The van der Waals surface area contributed by atoms with Gasteiger partial charge < -0.3 is 10.1 Å². The van der Waals surface area contributed by atoms with Gasteiger partial charge in [0, 0.05) is 31.6 Å². The van der Waals surface area contributed by atoms with Crippen molar-refractivity contribution in [2.24, 2.45) is 0 Å². The van der Waals surface area contributed by atoms with Crippen molar-refractivity contribution >= 4 is 33.9 Å². The molecule has 2 aromatic rings. The Morgan fingerprint density at radius 2 is 2.47 bits per heavy atom. The molecule has 2 rings (SSSR count). The summed E-state index contributed by atoms with van der Waals surface area (Å²) in [5.41, 5.74) is 2.03. The molecule has 0 aromatic carbocycles. The number of pyridine rings is 1. The second-order valence-electron chi connectivity index (χ2n) is 3.14. The van der Waals surface area contributed by atoms with E-state index >= 15 is 0 Å². The molecule has 2 heterocycles. The molecule has 0 unspecified atom stereocenters. The van der Waals surface area contributed by atoms with Gasteiger partial charge in [-0.25, -0.2) is 4.98 Å². The number of nitrogens with zero attached hydrogens (tertiary/aromatic N) is 2. The van der Waals surface area contributed by atoms with Gasteiger partial charge in [0.15, 0.2) is 0 Å². The maximum Gasteiger partial charge on any atom is 0.139 e. The molecule has 4 nitrogen and oxygen atoms in total. The Balaban J connectivity index is 2.16. The van der Waals surface area contributed by atoms with Crippen molar-refractivity contribution < 1.29 is 4.74 Å². The molecule has 0 saturated heterocycles. The van der Waals surface area contributed by atoms with Crippen molar-refractivity contribution in [3.8, 4) is 0 Å². The second-order valence-corrected chi connectivity index (χ2v) is 4.25. The third kappa shape index (κ3) is 2.40. The molecule has 80 valence electrons. The van der Waals surface area contributed by atoms with Gasteiger partial charge in [-0.1, -0.05) is 0 Å². The summed E-state index contributed by atoms with van der Waals surface area (Å²) >= 11 is 2.26. The van der Waals surface area contributed by atoms with E-state index in [-0.39, 0.29) is 0 Å². The van der Waals surface area contributed by atoms with Gasteiger partial charge in [-0.2, -0.15) is 0 Å². The maximum absolute atomic E-state index is 4.97. The highest BCUT2D eigenvalue weighted by atomic mass is 127. The zero-order chi connectivity index (χ0) is 10.7. The lowest BCUT2D eigenvalue weighted by Crippen LogP contribution is -2.07. The first-order chi connectivity index (χ1) is 7.31. The molecule has 0 aliphatic rings. The van der Waals surface area contributed by atoms with Crippen LogP contribution in [0.5, 0.6) is 0 Å². The van der Waals surface area contributed by atoms with Crippen molar-refractivity contribution in [1.29, 1.82) is 0 Å². The van der Waals surface area contributed by atoms with Gasteiger partial charge in [0.1, 0.15) is 9.35 Å². The molecule has 0 radical (unpaired) electrons. The number of aromatic nitrogens is 2. The quantitative estimate of drug-likeness (QED) is 0.692. The Labute approximate surface area is 102 Å². The number of fused-ring (bicyclic) bond motifs is 1. The first-order valence-electron chi connectivity index (χ1n) is 4.66. The monoisotopic (exact) mass is 317 g/mol. The van der Waals surface area contributed by atoms with Crippen molar-refractivity contribution in [3.63, 3.8) is 0 Å². The van der Waals surface area contributed by atoms with Crippen LogP contribution in [0.25, 0.3) is 5.65 Å². The normalized spacial score (nSPS) is 10.8. The van der Waals surface area contributed by atoms with Crippen LogP contribution in [-0.2, 0) is 4.74 Å². The average molecular weight is 317 g/mol. The molecule has 0 amide bonds. The molecule has 2 aromatic heterocycles. The van der Waals surface area contributed by atoms with Crippen molar-refractivity contribution in [2.75, 3.05) is 25.6 Å². The zero-order valence-corrected chi connectivity index (χ0v) is 10.6. The van der Waals surface area contributed by atoms with E-state index in [9.17, 15) is 0 Å². The van der Waals surface area contributed by atoms with E-state index in [1.165, 1.54) is 0 Å². The first kappa shape index (κ1) is 10.7. The number of rotatable bonds is 4. The molecular formula is C10H12IN3O. The molecule has 0 bridgehead atoms. The maximum atomic E-state index is 4.97. The van der Waals surface area contributed by atoms with Crippen molar-refractivity contribution in [1.82, 2.24) is 9.38 Å². The standard InChI is InChI=1S/C10H12IN3O/c1-15-5-3-12-8-2-4-14-9(11)7-13-10(14)6-8/h2,4,6-7,12H,3,5H2,1H3. The van der Waals surface area contributed by atoms with Gasteiger partial charge >= 0.3 is 0 Å². The van der Waals surface area contributed by atoms with Gasteiger partial charge in [0.2, 0.25) is 0 Å². The number of halogens is 1. The number of hydrogen-bond acceptors (Lipinski definition) is 3. The topological polar surface area (TPSA) is 38.6 Å². The molecule has 0 saturated carbocycles. The number of nitrogens with one attached hydrogen (secondary N) is 1. The smallest absolute Gasteiger partial charge is 0.139 e. The van der Waals surface area contributed by atoms with Crippen LogP contribution >= 0.6 is 22.6 Å². The minimum Gasteiger partial charge on any atom is -0.383 e. The van der Waals surface area contributed by atoms with Crippen LogP contribution in [0.1, 0.15) is 0 Å². The highest BCUT2D eigenvalue weighted by molar-refractivity contribution is 14.1. The predicted octanol–water partition coefficient (Wildman–Crippen LogP) is 2.00. The minimum absolute atomic E-state index is 0.706. The first-order valence-corrected chi connectivity index (χ1v) is 5.74. The van der Waals surface area contributed by atoms with Gasteiger partial charge in [-0.15, -0.1) is 0 Å². The van der Waals surface area contributed by atoms with E-state index < -0.39 is 0 Å². The summed E-state index contributed by atoms with van der Waals surface area (Å²) in [5, 5.41) is 3.27. The molecule has 1 N–H and O–H groups in total. The lowest BCUT2D eigenvalue weighted by molar-refractivity contribution is 0.211. The largest absolute Gasteiger partial charge is 0.383 e. The summed E-state index contributed by atoms with van der Waals surface area (Å²) in [5.74, 6) is 0. The fourth-order valence-electron chi connectivity index (χ4n) is 1.36. The number of imidazole rings is 1. The fraction of sp³-hybridized carbons (Fsp3) is 0.300. The Bertz CT molecular complexity index is 455. The van der Waals surface area contributed by atoms with Crippen LogP contribution in [0.3, 0.4) is 0 Å². The molecule has 15 heavy (non-hydrogen) atoms. The molecule has 0 atom stereocenters. The van der Waals surface area contributed by atoms with E-state index in [1.807, 2.05) is 28.9 Å². The van der Waals surface area contributed by atoms with E-state index in [1.54, 1.807) is 7.11 Å². The highest BCUT2D eigenvalue weighted by Gasteiger charge is 2.00.